The molecule has 0 spiro atoms. The topological polar surface area (TPSA) is 57.6 Å². The molecule has 4 atom stereocenters. The van der Waals surface area contributed by atoms with E-state index in [0.29, 0.717) is 5.92 Å². The summed E-state index contributed by atoms with van der Waals surface area (Å²) in [7, 11) is 0. The molecule has 0 unspecified atom stereocenters. The first kappa shape index (κ1) is 10.8. The van der Waals surface area contributed by atoms with Crippen molar-refractivity contribution in [3.63, 3.8) is 0 Å². The molecule has 1 heterocycles. The fourth-order valence-electron chi connectivity index (χ4n) is 3.50. The van der Waals surface area contributed by atoms with Crippen LogP contribution in [0.15, 0.2) is 12.2 Å². The molecular formula is C13H17NO3. The van der Waals surface area contributed by atoms with Crippen molar-refractivity contribution in [1.82, 2.24) is 4.90 Å². The van der Waals surface area contributed by atoms with Gasteiger partial charge in [-0.25, -0.2) is 0 Å². The Morgan fingerprint density at radius 1 is 1.29 bits per heavy atom. The number of nitrogens with zero attached hydrogens (tertiary/aromatic N) is 1. The highest BCUT2D eigenvalue weighted by atomic mass is 16.4. The summed E-state index contributed by atoms with van der Waals surface area (Å²) >= 11 is 0. The molecule has 3 aliphatic rings. The Labute approximate surface area is 100 Å². The SMILES string of the molecule is CC1(C)[C@@H](C(=O)O)[C@@H]1C(=O)N1C[C@H]2C=C[C@H]1C2. The van der Waals surface area contributed by atoms with Gasteiger partial charge in [-0.1, -0.05) is 26.0 Å². The molecule has 17 heavy (non-hydrogen) atoms. The van der Waals surface area contributed by atoms with Crippen LogP contribution in [0.4, 0.5) is 0 Å². The number of likely N-dealkylation sites (tertiary alicyclic amines) is 1. The molecule has 1 N–H and O–H groups in total. The number of carbonyl (C=O) groups excluding carboxylic acids is 1. The summed E-state index contributed by atoms with van der Waals surface area (Å²) in [5.74, 6) is -1.13. The van der Waals surface area contributed by atoms with Gasteiger partial charge >= 0.3 is 5.97 Å². The first-order valence-corrected chi connectivity index (χ1v) is 6.14. The minimum atomic E-state index is -0.840. The van der Waals surface area contributed by atoms with E-state index in [1.165, 1.54) is 0 Å². The number of carbonyl (C=O) groups is 2. The van der Waals surface area contributed by atoms with Gasteiger partial charge in [0.2, 0.25) is 5.91 Å². The number of fused-ring (bicyclic) bond motifs is 2. The van der Waals surface area contributed by atoms with Crippen LogP contribution in [0.3, 0.4) is 0 Å². The number of carboxylic acids is 1. The van der Waals surface area contributed by atoms with Crippen LogP contribution < -0.4 is 0 Å². The van der Waals surface area contributed by atoms with Gasteiger partial charge in [0.25, 0.3) is 0 Å². The summed E-state index contributed by atoms with van der Waals surface area (Å²) in [5.41, 5.74) is -0.380. The molecule has 1 saturated carbocycles. The lowest BCUT2D eigenvalue weighted by Crippen LogP contribution is -2.38. The summed E-state index contributed by atoms with van der Waals surface area (Å²) in [5, 5.41) is 9.10. The third kappa shape index (κ3) is 1.36. The molecule has 1 saturated heterocycles. The number of carboxylic acid groups (broad SMARTS) is 1. The molecule has 0 aromatic carbocycles. The summed E-state index contributed by atoms with van der Waals surface area (Å²) in [6, 6.07) is 0.221. The standard InChI is InChI=1S/C13H17NO3/c1-13(2)9(10(13)12(16)17)11(15)14-6-7-3-4-8(14)5-7/h3-4,7-10H,5-6H2,1-2H3,(H,16,17)/t7-,8-,9+,10+/m0/s1. The van der Waals surface area contributed by atoms with E-state index in [1.54, 1.807) is 0 Å². The van der Waals surface area contributed by atoms with Crippen molar-refractivity contribution >= 4 is 11.9 Å². The Morgan fingerprint density at radius 2 is 2.00 bits per heavy atom. The normalized spacial score (nSPS) is 40.7. The maximum atomic E-state index is 12.4. The molecule has 0 radical (unpaired) electrons. The highest BCUT2D eigenvalue weighted by Gasteiger charge is 2.67. The van der Waals surface area contributed by atoms with E-state index >= 15 is 0 Å². The van der Waals surface area contributed by atoms with E-state index in [9.17, 15) is 9.59 Å². The van der Waals surface area contributed by atoms with Crippen molar-refractivity contribution < 1.29 is 14.7 Å². The Hall–Kier alpha value is -1.32. The van der Waals surface area contributed by atoms with Crippen LogP contribution in [0.25, 0.3) is 0 Å². The van der Waals surface area contributed by atoms with Crippen molar-refractivity contribution in [1.29, 1.82) is 0 Å². The Balaban J connectivity index is 1.77. The lowest BCUT2D eigenvalue weighted by atomic mass is 10.1. The molecule has 0 aromatic heterocycles. The number of amides is 1. The van der Waals surface area contributed by atoms with Gasteiger partial charge < -0.3 is 10.0 Å². The van der Waals surface area contributed by atoms with Gasteiger partial charge in [0.05, 0.1) is 17.9 Å². The molecule has 3 rings (SSSR count). The van der Waals surface area contributed by atoms with Crippen LogP contribution in [0.1, 0.15) is 20.3 Å². The average Bonchev–Trinajstić information content (AvgIpc) is 2.67. The zero-order chi connectivity index (χ0) is 12.4. The van der Waals surface area contributed by atoms with Gasteiger partial charge in [-0.2, -0.15) is 0 Å². The lowest BCUT2D eigenvalue weighted by Gasteiger charge is -2.24. The molecule has 4 nitrogen and oxygen atoms in total. The van der Waals surface area contributed by atoms with Crippen LogP contribution in [-0.2, 0) is 9.59 Å². The third-order valence-corrected chi connectivity index (χ3v) is 4.62. The average molecular weight is 235 g/mol. The quantitative estimate of drug-likeness (QED) is 0.730. The van der Waals surface area contributed by atoms with Crippen LogP contribution in [0, 0.1) is 23.2 Å². The molecule has 0 aromatic rings. The van der Waals surface area contributed by atoms with E-state index in [-0.39, 0.29) is 23.3 Å². The van der Waals surface area contributed by atoms with Gasteiger partial charge in [0, 0.05) is 6.54 Å². The first-order valence-electron chi connectivity index (χ1n) is 6.14. The minimum absolute atomic E-state index is 0.0410. The van der Waals surface area contributed by atoms with Crippen molar-refractivity contribution in [2.75, 3.05) is 6.54 Å². The fraction of sp³-hybridized carbons (Fsp3) is 0.692. The van der Waals surface area contributed by atoms with Crippen molar-refractivity contribution in [3.8, 4) is 0 Å². The number of aliphatic carboxylic acids is 1. The predicted molar refractivity (Wildman–Crippen MR) is 61.1 cm³/mol. The van der Waals surface area contributed by atoms with Gasteiger partial charge in [-0.3, -0.25) is 9.59 Å². The number of rotatable bonds is 2. The molecule has 1 amide bonds. The maximum absolute atomic E-state index is 12.4. The van der Waals surface area contributed by atoms with E-state index < -0.39 is 11.9 Å². The van der Waals surface area contributed by atoms with Crippen molar-refractivity contribution in [2.45, 2.75) is 26.3 Å². The van der Waals surface area contributed by atoms with E-state index in [0.717, 1.165) is 13.0 Å². The Bertz CT molecular complexity index is 426. The van der Waals surface area contributed by atoms with Crippen molar-refractivity contribution in [2.24, 2.45) is 23.2 Å². The zero-order valence-corrected chi connectivity index (χ0v) is 10.1. The van der Waals surface area contributed by atoms with E-state index in [4.69, 9.17) is 5.11 Å². The molecule has 2 fully saturated rings. The maximum Gasteiger partial charge on any atom is 0.307 e. The highest BCUT2D eigenvalue weighted by Crippen LogP contribution is 2.59. The third-order valence-electron chi connectivity index (χ3n) is 4.62. The van der Waals surface area contributed by atoms with Crippen LogP contribution in [0.2, 0.25) is 0 Å². The minimum Gasteiger partial charge on any atom is -0.481 e. The molecule has 1 aliphatic heterocycles. The van der Waals surface area contributed by atoms with Gasteiger partial charge in [-0.15, -0.1) is 0 Å². The monoisotopic (exact) mass is 235 g/mol. The summed E-state index contributed by atoms with van der Waals surface area (Å²) in [6.07, 6.45) is 5.27. The van der Waals surface area contributed by atoms with Crippen LogP contribution in [0.5, 0.6) is 0 Å². The second-order valence-corrected chi connectivity index (χ2v) is 6.05. The Morgan fingerprint density at radius 3 is 2.41 bits per heavy atom. The van der Waals surface area contributed by atoms with Gasteiger partial charge in [0.1, 0.15) is 0 Å². The van der Waals surface area contributed by atoms with Gasteiger partial charge in [0.15, 0.2) is 0 Å². The molecular weight excluding hydrogens is 218 g/mol. The van der Waals surface area contributed by atoms with E-state index in [1.807, 2.05) is 18.7 Å². The fourth-order valence-corrected chi connectivity index (χ4v) is 3.50. The van der Waals surface area contributed by atoms with Crippen LogP contribution in [-0.4, -0.2) is 34.5 Å². The van der Waals surface area contributed by atoms with E-state index in [2.05, 4.69) is 12.2 Å². The zero-order valence-electron chi connectivity index (χ0n) is 10.1. The molecule has 4 heteroatoms. The number of hydrogen-bond donors (Lipinski definition) is 1. The molecule has 2 bridgehead atoms. The van der Waals surface area contributed by atoms with Gasteiger partial charge in [-0.05, 0) is 17.8 Å². The smallest absolute Gasteiger partial charge is 0.307 e. The predicted octanol–water partition coefficient (Wildman–Crippen LogP) is 1.13. The second-order valence-electron chi connectivity index (χ2n) is 6.05. The summed E-state index contributed by atoms with van der Waals surface area (Å²) < 4.78 is 0. The number of hydrogen-bond acceptors (Lipinski definition) is 2. The first-order chi connectivity index (χ1) is 7.93. The molecule has 92 valence electrons. The summed E-state index contributed by atoms with van der Waals surface area (Å²) in [4.78, 5) is 25.3. The lowest BCUT2D eigenvalue weighted by molar-refractivity contribution is -0.142. The molecule has 2 aliphatic carbocycles. The largest absolute Gasteiger partial charge is 0.481 e. The Kier molecular flexibility index (Phi) is 1.98. The van der Waals surface area contributed by atoms with Crippen molar-refractivity contribution in [3.05, 3.63) is 12.2 Å². The highest BCUT2D eigenvalue weighted by molar-refractivity contribution is 5.92. The second kappa shape index (κ2) is 3.12. The van der Waals surface area contributed by atoms with Crippen LogP contribution >= 0.6 is 0 Å². The summed E-state index contributed by atoms with van der Waals surface area (Å²) in [6.45, 7) is 4.52.